The Labute approximate surface area is 92.2 Å². The SMILES string of the molecule is N[C@]1(c2ccccc2Cl)C(=O)C=C[C@@H]1O. The molecule has 0 spiro atoms. The van der Waals surface area contributed by atoms with E-state index in [1.54, 1.807) is 24.3 Å². The molecule has 0 bridgehead atoms. The van der Waals surface area contributed by atoms with Gasteiger partial charge in [-0.25, -0.2) is 0 Å². The number of aliphatic hydroxyl groups is 1. The standard InChI is InChI=1S/C11H10ClNO2/c12-8-4-2-1-3-7(8)11(13)9(14)5-6-10(11)15/h1-6,9,14H,13H2/t9-,11-/m0/s1. The summed E-state index contributed by atoms with van der Waals surface area (Å²) in [5, 5.41) is 10.1. The van der Waals surface area contributed by atoms with Gasteiger partial charge < -0.3 is 10.8 Å². The Bertz CT molecular complexity index is 444. The van der Waals surface area contributed by atoms with Gasteiger partial charge in [0.15, 0.2) is 5.78 Å². The number of halogens is 1. The molecule has 15 heavy (non-hydrogen) atoms. The highest BCUT2D eigenvalue weighted by Crippen LogP contribution is 2.33. The van der Waals surface area contributed by atoms with Crippen LogP contribution in [0.5, 0.6) is 0 Å². The average molecular weight is 224 g/mol. The van der Waals surface area contributed by atoms with Crippen LogP contribution >= 0.6 is 11.6 Å². The van der Waals surface area contributed by atoms with Crippen LogP contribution in [0.4, 0.5) is 0 Å². The lowest BCUT2D eigenvalue weighted by Gasteiger charge is -2.27. The van der Waals surface area contributed by atoms with Gasteiger partial charge in [-0.15, -0.1) is 0 Å². The quantitative estimate of drug-likeness (QED) is 0.747. The van der Waals surface area contributed by atoms with Crippen LogP contribution in [-0.2, 0) is 10.3 Å². The normalized spacial score (nSPS) is 29.8. The van der Waals surface area contributed by atoms with E-state index in [4.69, 9.17) is 17.3 Å². The molecular weight excluding hydrogens is 214 g/mol. The molecule has 3 nitrogen and oxygen atoms in total. The number of carbonyl (C=O) groups excluding carboxylic acids is 1. The van der Waals surface area contributed by atoms with Crippen LogP contribution in [0.3, 0.4) is 0 Å². The van der Waals surface area contributed by atoms with Gasteiger partial charge in [-0.2, -0.15) is 0 Å². The molecule has 0 aromatic heterocycles. The molecule has 3 N–H and O–H groups in total. The third-order valence-electron chi connectivity index (χ3n) is 2.62. The van der Waals surface area contributed by atoms with Crippen molar-refractivity contribution in [2.24, 2.45) is 5.73 Å². The van der Waals surface area contributed by atoms with Gasteiger partial charge in [0.05, 0.1) is 0 Å². The van der Waals surface area contributed by atoms with Crippen LogP contribution in [0.2, 0.25) is 5.02 Å². The zero-order valence-electron chi connectivity index (χ0n) is 7.85. The number of carbonyl (C=O) groups is 1. The lowest BCUT2D eigenvalue weighted by molar-refractivity contribution is -0.121. The Balaban J connectivity index is 2.56. The van der Waals surface area contributed by atoms with Gasteiger partial charge in [0, 0.05) is 10.6 Å². The maximum absolute atomic E-state index is 11.6. The van der Waals surface area contributed by atoms with Crippen molar-refractivity contribution in [2.45, 2.75) is 11.6 Å². The molecule has 4 heteroatoms. The predicted octanol–water partition coefficient (Wildman–Crippen LogP) is 0.994. The van der Waals surface area contributed by atoms with Crippen molar-refractivity contribution in [2.75, 3.05) is 0 Å². The van der Waals surface area contributed by atoms with Crippen molar-refractivity contribution in [3.8, 4) is 0 Å². The fourth-order valence-electron chi connectivity index (χ4n) is 1.70. The largest absolute Gasteiger partial charge is 0.386 e. The Morgan fingerprint density at radius 2 is 2.07 bits per heavy atom. The van der Waals surface area contributed by atoms with Gasteiger partial charge in [0.2, 0.25) is 0 Å². The van der Waals surface area contributed by atoms with Crippen molar-refractivity contribution >= 4 is 17.4 Å². The van der Waals surface area contributed by atoms with E-state index in [1.165, 1.54) is 12.2 Å². The molecule has 1 aromatic carbocycles. The van der Waals surface area contributed by atoms with E-state index >= 15 is 0 Å². The van der Waals surface area contributed by atoms with Crippen molar-refractivity contribution in [1.29, 1.82) is 0 Å². The molecule has 2 atom stereocenters. The van der Waals surface area contributed by atoms with Gasteiger partial charge in [-0.3, -0.25) is 4.79 Å². The molecule has 78 valence electrons. The molecule has 2 rings (SSSR count). The molecule has 1 aromatic rings. The summed E-state index contributed by atoms with van der Waals surface area (Å²) in [6, 6.07) is 6.77. The number of aliphatic hydroxyl groups excluding tert-OH is 1. The van der Waals surface area contributed by atoms with E-state index in [2.05, 4.69) is 0 Å². The maximum atomic E-state index is 11.6. The molecule has 0 heterocycles. The Hall–Kier alpha value is -1.16. The minimum Gasteiger partial charge on any atom is -0.386 e. The maximum Gasteiger partial charge on any atom is 0.182 e. The molecule has 1 aliphatic carbocycles. The van der Waals surface area contributed by atoms with Crippen LogP contribution in [-0.4, -0.2) is 17.0 Å². The smallest absolute Gasteiger partial charge is 0.182 e. The predicted molar refractivity (Wildman–Crippen MR) is 57.5 cm³/mol. The Kier molecular flexibility index (Phi) is 2.38. The first-order valence-electron chi connectivity index (χ1n) is 4.51. The molecular formula is C11H10ClNO2. The van der Waals surface area contributed by atoms with Gasteiger partial charge in [-0.05, 0) is 18.2 Å². The van der Waals surface area contributed by atoms with Crippen molar-refractivity contribution in [3.63, 3.8) is 0 Å². The molecule has 0 fully saturated rings. The average Bonchev–Trinajstić information content (AvgIpc) is 2.48. The fourth-order valence-corrected chi connectivity index (χ4v) is 1.99. The van der Waals surface area contributed by atoms with E-state index in [1.807, 2.05) is 0 Å². The minimum atomic E-state index is -1.43. The summed E-state index contributed by atoms with van der Waals surface area (Å²) in [6.45, 7) is 0. The van der Waals surface area contributed by atoms with Crippen molar-refractivity contribution in [1.82, 2.24) is 0 Å². The van der Waals surface area contributed by atoms with E-state index < -0.39 is 11.6 Å². The summed E-state index contributed by atoms with van der Waals surface area (Å²) >= 11 is 5.95. The monoisotopic (exact) mass is 223 g/mol. The second-order valence-electron chi connectivity index (χ2n) is 3.52. The zero-order valence-corrected chi connectivity index (χ0v) is 8.61. The molecule has 0 unspecified atom stereocenters. The third-order valence-corrected chi connectivity index (χ3v) is 2.95. The number of hydrogen-bond donors (Lipinski definition) is 2. The summed E-state index contributed by atoms with van der Waals surface area (Å²) in [5.41, 5.74) is 4.94. The highest BCUT2D eigenvalue weighted by atomic mass is 35.5. The Morgan fingerprint density at radius 1 is 1.40 bits per heavy atom. The number of rotatable bonds is 1. The van der Waals surface area contributed by atoms with Crippen LogP contribution in [0.25, 0.3) is 0 Å². The van der Waals surface area contributed by atoms with Crippen LogP contribution < -0.4 is 5.73 Å². The first-order chi connectivity index (χ1) is 7.06. The summed E-state index contributed by atoms with van der Waals surface area (Å²) in [4.78, 5) is 11.6. The topological polar surface area (TPSA) is 63.3 Å². The highest BCUT2D eigenvalue weighted by Gasteiger charge is 2.45. The molecule has 0 saturated heterocycles. The summed E-state index contributed by atoms with van der Waals surface area (Å²) in [5.74, 6) is -0.330. The van der Waals surface area contributed by atoms with Crippen LogP contribution in [0.15, 0.2) is 36.4 Å². The third kappa shape index (κ3) is 1.40. The molecule has 1 aliphatic rings. The van der Waals surface area contributed by atoms with Crippen LogP contribution in [0, 0.1) is 0 Å². The number of hydrogen-bond acceptors (Lipinski definition) is 3. The van der Waals surface area contributed by atoms with Gasteiger partial charge >= 0.3 is 0 Å². The molecule has 0 radical (unpaired) electrons. The fraction of sp³-hybridized carbons (Fsp3) is 0.182. The number of nitrogens with two attached hydrogens (primary N) is 1. The summed E-state index contributed by atoms with van der Waals surface area (Å²) < 4.78 is 0. The number of benzene rings is 1. The van der Waals surface area contributed by atoms with Gasteiger partial charge in [0.1, 0.15) is 11.6 Å². The van der Waals surface area contributed by atoms with Crippen molar-refractivity contribution in [3.05, 3.63) is 47.0 Å². The zero-order chi connectivity index (χ0) is 11.1. The minimum absolute atomic E-state index is 0.330. The lowest BCUT2D eigenvalue weighted by atomic mass is 9.86. The van der Waals surface area contributed by atoms with E-state index in [-0.39, 0.29) is 5.78 Å². The first kappa shape index (κ1) is 10.4. The summed E-state index contributed by atoms with van der Waals surface area (Å²) in [6.07, 6.45) is 1.64. The first-order valence-corrected chi connectivity index (χ1v) is 4.89. The lowest BCUT2D eigenvalue weighted by Crippen LogP contribution is -2.50. The van der Waals surface area contributed by atoms with Gasteiger partial charge in [0.25, 0.3) is 0 Å². The second-order valence-corrected chi connectivity index (χ2v) is 3.92. The molecule has 0 saturated carbocycles. The summed E-state index contributed by atoms with van der Waals surface area (Å²) in [7, 11) is 0. The molecule has 0 amide bonds. The van der Waals surface area contributed by atoms with E-state index in [0.717, 1.165) is 0 Å². The van der Waals surface area contributed by atoms with E-state index in [0.29, 0.717) is 10.6 Å². The Morgan fingerprint density at radius 3 is 2.60 bits per heavy atom. The van der Waals surface area contributed by atoms with E-state index in [9.17, 15) is 9.90 Å². The second kappa shape index (κ2) is 3.45. The molecule has 0 aliphatic heterocycles. The van der Waals surface area contributed by atoms with Gasteiger partial charge in [-0.1, -0.05) is 29.8 Å². The number of ketones is 1. The van der Waals surface area contributed by atoms with Crippen LogP contribution in [0.1, 0.15) is 5.56 Å². The highest BCUT2D eigenvalue weighted by molar-refractivity contribution is 6.32. The van der Waals surface area contributed by atoms with Crippen molar-refractivity contribution < 1.29 is 9.90 Å².